The molecule has 0 aliphatic rings. The maximum atomic E-state index is 4.54. The molecule has 0 aliphatic heterocycles. The molecule has 0 spiro atoms. The highest BCUT2D eigenvalue weighted by atomic mass is 79.9. The Labute approximate surface area is 134 Å². The summed E-state index contributed by atoms with van der Waals surface area (Å²) in [6.45, 7) is 7.19. The second-order valence-corrected chi connectivity index (χ2v) is 5.83. The first-order valence-electron chi connectivity index (χ1n) is 7.27. The van der Waals surface area contributed by atoms with Crippen molar-refractivity contribution < 1.29 is 0 Å². The zero-order valence-electron chi connectivity index (χ0n) is 12.7. The van der Waals surface area contributed by atoms with Crippen molar-refractivity contribution in [3.05, 3.63) is 40.1 Å². The van der Waals surface area contributed by atoms with E-state index in [1.165, 1.54) is 5.56 Å². The second kappa shape index (κ2) is 7.41. The van der Waals surface area contributed by atoms with Gasteiger partial charge in [-0.25, -0.2) is 9.97 Å². The van der Waals surface area contributed by atoms with E-state index in [0.717, 1.165) is 47.0 Å². The maximum absolute atomic E-state index is 4.54. The Balaban J connectivity index is 2.25. The van der Waals surface area contributed by atoms with Crippen LogP contribution in [0.4, 0.5) is 17.3 Å². The summed E-state index contributed by atoms with van der Waals surface area (Å²) in [6, 6.07) is 8.11. The first-order valence-corrected chi connectivity index (χ1v) is 8.06. The summed E-state index contributed by atoms with van der Waals surface area (Å²) in [5.74, 6) is 2.54. The first kappa shape index (κ1) is 15.8. The Hall–Kier alpha value is -1.62. The quantitative estimate of drug-likeness (QED) is 0.795. The summed E-state index contributed by atoms with van der Waals surface area (Å²) in [6.07, 6.45) is 1.88. The predicted octanol–water partition coefficient (Wildman–Crippen LogP) is 4.68. The maximum Gasteiger partial charge on any atom is 0.136 e. The van der Waals surface area contributed by atoms with Crippen LogP contribution in [0.15, 0.2) is 28.7 Å². The van der Waals surface area contributed by atoms with Gasteiger partial charge in [0.25, 0.3) is 0 Å². The number of anilines is 3. The molecule has 1 aromatic heterocycles. The van der Waals surface area contributed by atoms with E-state index in [4.69, 9.17) is 0 Å². The molecule has 1 aromatic carbocycles. The average molecular weight is 349 g/mol. The van der Waals surface area contributed by atoms with Crippen molar-refractivity contribution in [3.63, 3.8) is 0 Å². The molecule has 0 saturated carbocycles. The third kappa shape index (κ3) is 4.43. The van der Waals surface area contributed by atoms with Crippen LogP contribution >= 0.6 is 15.9 Å². The van der Waals surface area contributed by atoms with Crippen LogP contribution in [-0.2, 0) is 6.42 Å². The van der Waals surface area contributed by atoms with E-state index >= 15 is 0 Å². The van der Waals surface area contributed by atoms with E-state index in [1.807, 2.05) is 18.2 Å². The molecule has 2 rings (SSSR count). The minimum atomic E-state index is 0.815. The highest BCUT2D eigenvalue weighted by molar-refractivity contribution is 9.10. The predicted molar refractivity (Wildman–Crippen MR) is 92.4 cm³/mol. The molecule has 2 aromatic rings. The van der Waals surface area contributed by atoms with Gasteiger partial charge in [0.15, 0.2) is 0 Å². The molecular weight excluding hydrogens is 328 g/mol. The van der Waals surface area contributed by atoms with Gasteiger partial charge >= 0.3 is 0 Å². The molecule has 0 radical (unpaired) electrons. The van der Waals surface area contributed by atoms with Crippen LogP contribution in [0.3, 0.4) is 0 Å². The Kier molecular flexibility index (Phi) is 5.56. The number of hydrogen-bond acceptors (Lipinski definition) is 4. The lowest BCUT2D eigenvalue weighted by Crippen LogP contribution is -2.07. The van der Waals surface area contributed by atoms with Gasteiger partial charge in [-0.15, -0.1) is 0 Å². The third-order valence-electron chi connectivity index (χ3n) is 3.10. The fourth-order valence-electron chi connectivity index (χ4n) is 1.97. The van der Waals surface area contributed by atoms with Gasteiger partial charge in [0.1, 0.15) is 17.5 Å². The molecule has 2 N–H and O–H groups in total. The lowest BCUT2D eigenvalue weighted by atomic mass is 10.2. The smallest absolute Gasteiger partial charge is 0.136 e. The molecule has 5 heteroatoms. The van der Waals surface area contributed by atoms with E-state index in [1.54, 1.807) is 0 Å². The summed E-state index contributed by atoms with van der Waals surface area (Å²) in [5, 5.41) is 6.70. The van der Waals surface area contributed by atoms with Crippen molar-refractivity contribution in [2.24, 2.45) is 0 Å². The van der Waals surface area contributed by atoms with E-state index < -0.39 is 0 Å². The highest BCUT2D eigenvalue weighted by Crippen LogP contribution is 2.24. The van der Waals surface area contributed by atoms with Crippen LogP contribution in [-0.4, -0.2) is 16.5 Å². The summed E-state index contributed by atoms with van der Waals surface area (Å²) in [4.78, 5) is 9.04. The average Bonchev–Trinajstić information content (AvgIpc) is 2.48. The number of aryl methyl sites for hydroxylation is 2. The molecule has 0 fully saturated rings. The van der Waals surface area contributed by atoms with Crippen molar-refractivity contribution in [2.75, 3.05) is 17.2 Å². The zero-order valence-corrected chi connectivity index (χ0v) is 14.3. The van der Waals surface area contributed by atoms with Crippen LogP contribution in [0.5, 0.6) is 0 Å². The van der Waals surface area contributed by atoms with Crippen LogP contribution < -0.4 is 10.6 Å². The minimum Gasteiger partial charge on any atom is -0.370 e. The third-order valence-corrected chi connectivity index (χ3v) is 3.59. The first-order chi connectivity index (χ1) is 10.1. The number of benzene rings is 1. The van der Waals surface area contributed by atoms with Crippen molar-refractivity contribution in [1.82, 2.24) is 9.97 Å². The standard InChI is InChI=1S/C16H21BrN4/c1-4-8-18-15-10-16(21-14(5-2)20-15)19-13-7-6-12(17)9-11(13)3/h6-7,9-10H,4-5,8H2,1-3H3,(H2,18,19,20,21). The SMILES string of the molecule is CCCNc1cc(Nc2ccc(Br)cc2C)nc(CC)n1. The van der Waals surface area contributed by atoms with E-state index in [0.29, 0.717) is 0 Å². The summed E-state index contributed by atoms with van der Waals surface area (Å²) >= 11 is 3.48. The lowest BCUT2D eigenvalue weighted by molar-refractivity contribution is 0.919. The Morgan fingerprint density at radius 3 is 2.52 bits per heavy atom. The van der Waals surface area contributed by atoms with Crippen LogP contribution in [0.1, 0.15) is 31.7 Å². The van der Waals surface area contributed by atoms with Crippen molar-refractivity contribution in [3.8, 4) is 0 Å². The topological polar surface area (TPSA) is 49.8 Å². The highest BCUT2D eigenvalue weighted by Gasteiger charge is 2.05. The number of halogens is 1. The molecule has 0 amide bonds. The molecular formula is C16H21BrN4. The Morgan fingerprint density at radius 1 is 1.10 bits per heavy atom. The number of rotatable bonds is 6. The number of nitrogens with zero attached hydrogens (tertiary/aromatic N) is 2. The summed E-state index contributed by atoms with van der Waals surface area (Å²) in [5.41, 5.74) is 2.23. The zero-order chi connectivity index (χ0) is 15.2. The van der Waals surface area contributed by atoms with Crippen molar-refractivity contribution >= 4 is 33.3 Å². The largest absolute Gasteiger partial charge is 0.370 e. The number of nitrogens with one attached hydrogen (secondary N) is 2. The van der Waals surface area contributed by atoms with Crippen LogP contribution in [0.25, 0.3) is 0 Å². The van der Waals surface area contributed by atoms with E-state index in [9.17, 15) is 0 Å². The summed E-state index contributed by atoms with van der Waals surface area (Å²) in [7, 11) is 0. The molecule has 0 saturated heterocycles. The molecule has 0 unspecified atom stereocenters. The number of hydrogen-bond donors (Lipinski definition) is 2. The van der Waals surface area contributed by atoms with Gasteiger partial charge in [-0.05, 0) is 37.1 Å². The molecule has 1 heterocycles. The molecule has 0 bridgehead atoms. The summed E-state index contributed by atoms with van der Waals surface area (Å²) < 4.78 is 1.08. The van der Waals surface area contributed by atoms with Gasteiger partial charge in [-0.2, -0.15) is 0 Å². The van der Waals surface area contributed by atoms with Gasteiger partial charge in [-0.3, -0.25) is 0 Å². The fourth-order valence-corrected chi connectivity index (χ4v) is 2.44. The van der Waals surface area contributed by atoms with Crippen LogP contribution in [0.2, 0.25) is 0 Å². The van der Waals surface area contributed by atoms with Gasteiger partial charge in [-0.1, -0.05) is 29.8 Å². The molecule has 4 nitrogen and oxygen atoms in total. The normalized spacial score (nSPS) is 10.5. The Bertz CT molecular complexity index is 613. The van der Waals surface area contributed by atoms with Crippen LogP contribution in [0, 0.1) is 6.92 Å². The second-order valence-electron chi connectivity index (χ2n) is 4.92. The van der Waals surface area contributed by atoms with Crippen molar-refractivity contribution in [2.45, 2.75) is 33.6 Å². The molecule has 21 heavy (non-hydrogen) atoms. The van der Waals surface area contributed by atoms with Gasteiger partial charge in [0.2, 0.25) is 0 Å². The number of aromatic nitrogens is 2. The molecule has 0 aliphatic carbocycles. The minimum absolute atomic E-state index is 0.815. The van der Waals surface area contributed by atoms with Crippen molar-refractivity contribution in [1.29, 1.82) is 0 Å². The van der Waals surface area contributed by atoms with E-state index in [-0.39, 0.29) is 0 Å². The van der Waals surface area contributed by atoms with E-state index in [2.05, 4.69) is 63.4 Å². The Morgan fingerprint density at radius 2 is 1.86 bits per heavy atom. The molecule has 0 atom stereocenters. The van der Waals surface area contributed by atoms with Gasteiger partial charge in [0, 0.05) is 29.2 Å². The fraction of sp³-hybridized carbons (Fsp3) is 0.375. The van der Waals surface area contributed by atoms with Gasteiger partial charge in [0.05, 0.1) is 0 Å². The lowest BCUT2D eigenvalue weighted by Gasteiger charge is -2.12. The van der Waals surface area contributed by atoms with Gasteiger partial charge < -0.3 is 10.6 Å². The monoisotopic (exact) mass is 348 g/mol. The molecule has 112 valence electrons.